The van der Waals surface area contributed by atoms with E-state index in [2.05, 4.69) is 20.9 Å². The third-order valence-electron chi connectivity index (χ3n) is 3.40. The molecule has 1 aromatic heterocycles. The minimum Gasteiger partial charge on any atom is -0.464 e. The predicted molar refractivity (Wildman–Crippen MR) is 80.2 cm³/mol. The first-order valence-corrected chi connectivity index (χ1v) is 7.56. The van der Waals surface area contributed by atoms with Crippen LogP contribution in [0.1, 0.15) is 26.2 Å². The van der Waals surface area contributed by atoms with Gasteiger partial charge in [0.25, 0.3) is 0 Å². The molecule has 2 heterocycles. The number of carbonyl (C=O) groups excluding carboxylic acids is 1. The van der Waals surface area contributed by atoms with Crippen LogP contribution in [0.3, 0.4) is 0 Å². The standard InChI is InChI=1S/C13H16BrN3O4/c1-2-21-13(18)10-5-3-4-6-16(10)12-9(14)7-15-8-11(12)17(19)20/h7-8,10H,2-6H2,1H3. The number of carbonyl (C=O) groups is 1. The minimum atomic E-state index is -0.490. The van der Waals surface area contributed by atoms with Crippen LogP contribution in [0.4, 0.5) is 11.4 Å². The van der Waals surface area contributed by atoms with E-state index in [1.54, 1.807) is 11.8 Å². The number of hydrogen-bond acceptors (Lipinski definition) is 6. The highest BCUT2D eigenvalue weighted by atomic mass is 79.9. The smallest absolute Gasteiger partial charge is 0.328 e. The molecule has 8 heteroatoms. The monoisotopic (exact) mass is 357 g/mol. The van der Waals surface area contributed by atoms with Gasteiger partial charge in [-0.25, -0.2) is 4.79 Å². The highest BCUT2D eigenvalue weighted by Crippen LogP contribution is 2.38. The molecule has 1 fully saturated rings. The average Bonchev–Trinajstić information content (AvgIpc) is 2.47. The number of hydrogen-bond donors (Lipinski definition) is 0. The Morgan fingerprint density at radius 1 is 1.57 bits per heavy atom. The highest BCUT2D eigenvalue weighted by molar-refractivity contribution is 9.10. The molecule has 2 rings (SSSR count). The van der Waals surface area contributed by atoms with E-state index in [1.165, 1.54) is 12.4 Å². The summed E-state index contributed by atoms with van der Waals surface area (Å²) < 4.78 is 5.60. The van der Waals surface area contributed by atoms with Gasteiger partial charge < -0.3 is 9.64 Å². The van der Waals surface area contributed by atoms with Gasteiger partial charge in [-0.15, -0.1) is 0 Å². The Balaban J connectivity index is 2.42. The first-order chi connectivity index (χ1) is 10.1. The molecule has 1 aliphatic rings. The Morgan fingerprint density at radius 2 is 2.33 bits per heavy atom. The molecule has 0 aliphatic carbocycles. The normalized spacial score (nSPS) is 18.4. The topological polar surface area (TPSA) is 85.6 Å². The van der Waals surface area contributed by atoms with Crippen LogP contribution in [0.25, 0.3) is 0 Å². The van der Waals surface area contributed by atoms with Crippen molar-refractivity contribution in [3.63, 3.8) is 0 Å². The van der Waals surface area contributed by atoms with Crippen LogP contribution in [0.15, 0.2) is 16.9 Å². The van der Waals surface area contributed by atoms with E-state index < -0.39 is 11.0 Å². The Labute approximate surface area is 130 Å². The van der Waals surface area contributed by atoms with Gasteiger partial charge in [-0.2, -0.15) is 0 Å². The number of halogens is 1. The zero-order chi connectivity index (χ0) is 15.4. The van der Waals surface area contributed by atoms with E-state index in [9.17, 15) is 14.9 Å². The maximum Gasteiger partial charge on any atom is 0.328 e. The van der Waals surface area contributed by atoms with Crippen molar-refractivity contribution < 1.29 is 14.5 Å². The SMILES string of the molecule is CCOC(=O)C1CCCCN1c1c(Br)cncc1[N+](=O)[O-]. The molecule has 21 heavy (non-hydrogen) atoms. The maximum atomic E-state index is 12.1. The van der Waals surface area contributed by atoms with E-state index in [-0.39, 0.29) is 11.7 Å². The van der Waals surface area contributed by atoms with Gasteiger partial charge in [-0.3, -0.25) is 15.1 Å². The van der Waals surface area contributed by atoms with Gasteiger partial charge in [-0.1, -0.05) is 0 Å². The van der Waals surface area contributed by atoms with Crippen LogP contribution < -0.4 is 4.90 Å². The molecule has 0 N–H and O–H groups in total. The highest BCUT2D eigenvalue weighted by Gasteiger charge is 2.35. The average molecular weight is 358 g/mol. The number of piperidine rings is 1. The van der Waals surface area contributed by atoms with Gasteiger partial charge >= 0.3 is 11.7 Å². The lowest BCUT2D eigenvalue weighted by Gasteiger charge is -2.35. The van der Waals surface area contributed by atoms with E-state index in [4.69, 9.17) is 4.74 Å². The van der Waals surface area contributed by atoms with Crippen molar-refractivity contribution in [2.24, 2.45) is 0 Å². The molecule has 1 aliphatic heterocycles. The fourth-order valence-electron chi connectivity index (χ4n) is 2.52. The largest absolute Gasteiger partial charge is 0.464 e. The summed E-state index contributed by atoms with van der Waals surface area (Å²) in [6.45, 7) is 2.62. The summed E-state index contributed by atoms with van der Waals surface area (Å²) in [4.78, 5) is 28.4. The molecular formula is C13H16BrN3O4. The molecule has 1 unspecified atom stereocenters. The molecule has 1 aromatic rings. The van der Waals surface area contributed by atoms with E-state index in [1.807, 2.05) is 0 Å². The Kier molecular flexibility index (Phi) is 5.11. The lowest BCUT2D eigenvalue weighted by atomic mass is 10.0. The minimum absolute atomic E-state index is 0.111. The predicted octanol–water partition coefficient (Wildman–Crippen LogP) is 2.67. The van der Waals surface area contributed by atoms with Crippen molar-refractivity contribution >= 4 is 33.3 Å². The van der Waals surface area contributed by atoms with Crippen LogP contribution in [-0.2, 0) is 9.53 Å². The molecule has 0 radical (unpaired) electrons. The first kappa shape index (κ1) is 15.7. The Hall–Kier alpha value is -1.70. The van der Waals surface area contributed by atoms with Crippen LogP contribution in [0, 0.1) is 10.1 Å². The van der Waals surface area contributed by atoms with Crippen molar-refractivity contribution in [3.8, 4) is 0 Å². The van der Waals surface area contributed by atoms with E-state index >= 15 is 0 Å². The first-order valence-electron chi connectivity index (χ1n) is 6.77. The van der Waals surface area contributed by atoms with Crippen molar-refractivity contribution in [1.82, 2.24) is 4.98 Å². The molecule has 0 spiro atoms. The fourth-order valence-corrected chi connectivity index (χ4v) is 3.07. The second-order valence-electron chi connectivity index (χ2n) is 4.70. The number of aromatic nitrogens is 1. The number of pyridine rings is 1. The van der Waals surface area contributed by atoms with Gasteiger partial charge in [0, 0.05) is 12.7 Å². The number of rotatable bonds is 4. The molecular weight excluding hydrogens is 342 g/mol. The summed E-state index contributed by atoms with van der Waals surface area (Å²) in [6.07, 6.45) is 5.11. The molecule has 1 saturated heterocycles. The van der Waals surface area contributed by atoms with Crippen LogP contribution >= 0.6 is 15.9 Å². The third kappa shape index (κ3) is 3.31. The zero-order valence-corrected chi connectivity index (χ0v) is 13.2. The summed E-state index contributed by atoms with van der Waals surface area (Å²) in [6, 6.07) is -0.490. The molecule has 0 bridgehead atoms. The van der Waals surface area contributed by atoms with Gasteiger partial charge in [0.2, 0.25) is 0 Å². The van der Waals surface area contributed by atoms with Crippen LogP contribution in [0.5, 0.6) is 0 Å². The molecule has 0 aromatic carbocycles. The van der Waals surface area contributed by atoms with Gasteiger partial charge in [0.05, 0.1) is 16.0 Å². The Morgan fingerprint density at radius 3 is 3.00 bits per heavy atom. The maximum absolute atomic E-state index is 12.1. The number of anilines is 1. The van der Waals surface area contributed by atoms with Crippen molar-refractivity contribution in [3.05, 3.63) is 27.0 Å². The zero-order valence-electron chi connectivity index (χ0n) is 11.6. The van der Waals surface area contributed by atoms with Gasteiger partial charge in [0.15, 0.2) is 0 Å². The van der Waals surface area contributed by atoms with Gasteiger partial charge in [0.1, 0.15) is 17.9 Å². The lowest BCUT2D eigenvalue weighted by Crippen LogP contribution is -2.46. The van der Waals surface area contributed by atoms with Crippen molar-refractivity contribution in [2.45, 2.75) is 32.2 Å². The second-order valence-corrected chi connectivity index (χ2v) is 5.56. The summed E-state index contributed by atoms with van der Waals surface area (Å²) in [7, 11) is 0. The van der Waals surface area contributed by atoms with E-state index in [0.29, 0.717) is 29.7 Å². The summed E-state index contributed by atoms with van der Waals surface area (Å²) >= 11 is 3.31. The van der Waals surface area contributed by atoms with Crippen LogP contribution in [-0.4, -0.2) is 35.1 Å². The molecule has 0 amide bonds. The summed E-state index contributed by atoms with van der Waals surface area (Å²) in [5, 5.41) is 11.2. The number of ether oxygens (including phenoxy) is 1. The molecule has 114 valence electrons. The van der Waals surface area contributed by atoms with Crippen molar-refractivity contribution in [2.75, 3.05) is 18.1 Å². The lowest BCUT2D eigenvalue weighted by molar-refractivity contribution is -0.384. The molecule has 0 saturated carbocycles. The summed E-state index contributed by atoms with van der Waals surface area (Å²) in [5.41, 5.74) is 0.285. The molecule has 7 nitrogen and oxygen atoms in total. The van der Waals surface area contributed by atoms with E-state index in [0.717, 1.165) is 12.8 Å². The second kappa shape index (κ2) is 6.84. The molecule has 1 atom stereocenters. The number of nitro groups is 1. The number of esters is 1. The quantitative estimate of drug-likeness (QED) is 0.467. The summed E-state index contributed by atoms with van der Waals surface area (Å²) in [5.74, 6) is -0.338. The number of nitrogens with zero attached hydrogens (tertiary/aromatic N) is 3. The Bertz CT molecular complexity index is 552. The third-order valence-corrected chi connectivity index (χ3v) is 3.98. The van der Waals surface area contributed by atoms with Gasteiger partial charge in [-0.05, 0) is 42.1 Å². The fraction of sp³-hybridized carbons (Fsp3) is 0.538. The van der Waals surface area contributed by atoms with Crippen molar-refractivity contribution in [1.29, 1.82) is 0 Å². The van der Waals surface area contributed by atoms with Crippen LogP contribution in [0.2, 0.25) is 0 Å².